The van der Waals surface area contributed by atoms with Crippen molar-refractivity contribution in [3.05, 3.63) is 0 Å². The Morgan fingerprint density at radius 1 is 1.71 bits per heavy atom. The minimum Gasteiger partial charge on any atom is -0.394 e. The Hall–Kier alpha value is 0.686. The largest absolute Gasteiger partial charge is 0.394 e. The molecule has 0 saturated carbocycles. The van der Waals surface area contributed by atoms with Gasteiger partial charge in [0.1, 0.15) is 0 Å². The average molecular weight is 116 g/mol. The quantitative estimate of drug-likeness (QED) is 0.474. The first-order valence-corrected chi connectivity index (χ1v) is 1.95. The molecule has 1 unspecified atom stereocenters. The highest BCUT2D eigenvalue weighted by molar-refractivity contribution is 5.75. The van der Waals surface area contributed by atoms with Crippen molar-refractivity contribution in [2.45, 2.75) is 13.0 Å². The number of ether oxygens (including phenoxy) is 1. The van der Waals surface area contributed by atoms with Crippen LogP contribution in [0.3, 0.4) is 0 Å². The van der Waals surface area contributed by atoms with Crippen LogP contribution in [0.25, 0.3) is 0 Å². The molecule has 0 radical (unpaired) electrons. The lowest BCUT2D eigenvalue weighted by molar-refractivity contribution is 0.0623. The average Bonchev–Trinajstić information content (AvgIpc) is 1.65. The molecule has 0 rings (SSSR count). The van der Waals surface area contributed by atoms with E-state index in [1.165, 1.54) is 0 Å². The van der Waals surface area contributed by atoms with Gasteiger partial charge in [0.2, 0.25) is 0 Å². The number of aliphatic hydroxyl groups is 1. The van der Waals surface area contributed by atoms with Crippen molar-refractivity contribution < 1.29 is 9.84 Å². The molecule has 1 atom stereocenters. The zero-order valence-corrected chi connectivity index (χ0v) is 4.14. The van der Waals surface area contributed by atoms with Gasteiger partial charge >= 0.3 is 23.1 Å². The highest BCUT2D eigenvalue weighted by Crippen LogP contribution is 1.80. The van der Waals surface area contributed by atoms with Gasteiger partial charge in [0.15, 0.2) is 0 Å². The zero-order chi connectivity index (χ0) is 4.99. The topological polar surface area (TPSA) is 29.5 Å². The highest BCUT2D eigenvalue weighted by Gasteiger charge is 1.90. The minimum absolute atomic E-state index is 0. The van der Waals surface area contributed by atoms with Gasteiger partial charge in [-0.2, -0.15) is 0 Å². The van der Waals surface area contributed by atoms with Gasteiger partial charge in [-0.3, -0.25) is 0 Å². The van der Waals surface area contributed by atoms with Gasteiger partial charge in [-0.1, -0.05) is 0 Å². The van der Waals surface area contributed by atoms with Crippen molar-refractivity contribution >= 4 is 23.1 Å². The fraction of sp³-hybridized carbons (Fsp3) is 1.00. The third-order valence-electron chi connectivity index (χ3n) is 0.659. The number of aliphatic hydroxyl groups excluding tert-OH is 1. The maximum atomic E-state index is 8.21. The summed E-state index contributed by atoms with van der Waals surface area (Å²) in [6, 6.07) is 0. The van der Waals surface area contributed by atoms with Crippen LogP contribution in [0.2, 0.25) is 0 Å². The molecular formula is C4H12MgO2. The van der Waals surface area contributed by atoms with Gasteiger partial charge in [0.05, 0.1) is 12.7 Å². The summed E-state index contributed by atoms with van der Waals surface area (Å²) in [7, 11) is 1.57. The lowest BCUT2D eigenvalue weighted by atomic mass is 10.4. The van der Waals surface area contributed by atoms with E-state index in [1.54, 1.807) is 14.0 Å². The summed E-state index contributed by atoms with van der Waals surface area (Å²) in [5.74, 6) is 0. The van der Waals surface area contributed by atoms with Crippen LogP contribution in [0.1, 0.15) is 6.92 Å². The van der Waals surface area contributed by atoms with Gasteiger partial charge in [-0.15, -0.1) is 0 Å². The summed E-state index contributed by atoms with van der Waals surface area (Å²) in [6.45, 7) is 1.91. The van der Waals surface area contributed by atoms with Gasteiger partial charge in [-0.25, -0.2) is 0 Å². The normalized spacial score (nSPS) is 12.4. The third-order valence-corrected chi connectivity index (χ3v) is 0.659. The van der Waals surface area contributed by atoms with E-state index < -0.39 is 0 Å². The molecule has 1 N–H and O–H groups in total. The molecule has 0 aliphatic rings. The molecule has 0 aromatic carbocycles. The Labute approximate surface area is 60.0 Å². The number of methoxy groups -OCH3 is 1. The number of hydrogen-bond acceptors (Lipinski definition) is 2. The fourth-order valence-corrected chi connectivity index (χ4v) is 0.0745. The van der Waals surface area contributed by atoms with Crippen LogP contribution < -0.4 is 0 Å². The Balaban J connectivity index is 0. The lowest BCUT2D eigenvalue weighted by Crippen LogP contribution is -2.08. The van der Waals surface area contributed by atoms with E-state index in [1.807, 2.05) is 0 Å². The van der Waals surface area contributed by atoms with Crippen LogP contribution in [0.15, 0.2) is 0 Å². The molecule has 42 valence electrons. The highest BCUT2D eigenvalue weighted by atomic mass is 24.3. The maximum Gasteiger partial charge on any atom is 0.316 e. The summed E-state index contributed by atoms with van der Waals surface area (Å²) < 4.78 is 4.65. The first-order chi connectivity index (χ1) is 2.81. The molecule has 0 aliphatic carbocycles. The molecular weight excluding hydrogens is 104 g/mol. The van der Waals surface area contributed by atoms with Crippen LogP contribution in [0.4, 0.5) is 0 Å². The van der Waals surface area contributed by atoms with Crippen molar-refractivity contribution in [3.63, 3.8) is 0 Å². The SMILES string of the molecule is COC(C)CO.[MgH2]. The predicted octanol–water partition coefficient (Wildman–Crippen LogP) is -0.903. The molecule has 0 aromatic rings. The van der Waals surface area contributed by atoms with E-state index in [9.17, 15) is 0 Å². The fourth-order valence-electron chi connectivity index (χ4n) is 0.0745. The summed E-state index contributed by atoms with van der Waals surface area (Å²) in [4.78, 5) is 0. The van der Waals surface area contributed by atoms with Gasteiger partial charge in [0, 0.05) is 7.11 Å². The van der Waals surface area contributed by atoms with E-state index in [2.05, 4.69) is 4.74 Å². The molecule has 0 spiro atoms. The number of rotatable bonds is 2. The molecule has 0 aromatic heterocycles. The maximum absolute atomic E-state index is 8.21. The van der Waals surface area contributed by atoms with E-state index >= 15 is 0 Å². The van der Waals surface area contributed by atoms with Gasteiger partial charge in [0.25, 0.3) is 0 Å². The van der Waals surface area contributed by atoms with E-state index in [-0.39, 0.29) is 35.8 Å². The Kier molecular flexibility index (Phi) is 10.2. The van der Waals surface area contributed by atoms with E-state index in [4.69, 9.17) is 5.11 Å². The van der Waals surface area contributed by atoms with Gasteiger partial charge in [-0.05, 0) is 6.92 Å². The predicted molar refractivity (Wildman–Crippen MR) is 32.1 cm³/mol. The van der Waals surface area contributed by atoms with Crippen molar-refractivity contribution in [1.29, 1.82) is 0 Å². The molecule has 0 heterocycles. The van der Waals surface area contributed by atoms with Crippen molar-refractivity contribution in [2.75, 3.05) is 13.7 Å². The minimum atomic E-state index is -0.00926. The van der Waals surface area contributed by atoms with Crippen LogP contribution in [0.5, 0.6) is 0 Å². The smallest absolute Gasteiger partial charge is 0.316 e. The molecule has 7 heavy (non-hydrogen) atoms. The molecule has 3 heteroatoms. The Bertz CT molecular complexity index is 28.9. The molecule has 0 bridgehead atoms. The first kappa shape index (κ1) is 10.6. The van der Waals surface area contributed by atoms with Crippen LogP contribution in [-0.2, 0) is 4.74 Å². The second kappa shape index (κ2) is 6.69. The Morgan fingerprint density at radius 3 is 2.14 bits per heavy atom. The molecule has 0 aliphatic heterocycles. The molecule has 0 fully saturated rings. The third kappa shape index (κ3) is 6.69. The standard InChI is InChI=1S/C4H10O2.Mg.2H/c1-4(3-5)6-2;;;/h4-5H,3H2,1-2H3;;;. The van der Waals surface area contributed by atoms with Crippen LogP contribution in [-0.4, -0.2) is 48.0 Å². The summed E-state index contributed by atoms with van der Waals surface area (Å²) in [6.07, 6.45) is -0.00926. The monoisotopic (exact) mass is 116 g/mol. The lowest BCUT2D eigenvalue weighted by Gasteiger charge is -2.00. The van der Waals surface area contributed by atoms with Crippen LogP contribution >= 0.6 is 0 Å². The molecule has 2 nitrogen and oxygen atoms in total. The van der Waals surface area contributed by atoms with Crippen molar-refractivity contribution in [3.8, 4) is 0 Å². The van der Waals surface area contributed by atoms with Crippen molar-refractivity contribution in [1.82, 2.24) is 0 Å². The summed E-state index contributed by atoms with van der Waals surface area (Å²) >= 11 is 0. The van der Waals surface area contributed by atoms with Crippen LogP contribution in [0, 0.1) is 0 Å². The second-order valence-corrected chi connectivity index (χ2v) is 1.23. The molecule has 0 amide bonds. The second-order valence-electron chi connectivity index (χ2n) is 1.23. The summed E-state index contributed by atoms with van der Waals surface area (Å²) in [5, 5.41) is 8.21. The zero-order valence-electron chi connectivity index (χ0n) is 4.14. The van der Waals surface area contributed by atoms with E-state index in [0.717, 1.165) is 0 Å². The van der Waals surface area contributed by atoms with E-state index in [0.29, 0.717) is 0 Å². The Morgan fingerprint density at radius 2 is 2.14 bits per heavy atom. The first-order valence-electron chi connectivity index (χ1n) is 1.95. The molecule has 0 saturated heterocycles. The summed E-state index contributed by atoms with van der Waals surface area (Å²) in [5.41, 5.74) is 0. The van der Waals surface area contributed by atoms with Crippen molar-refractivity contribution in [2.24, 2.45) is 0 Å². The van der Waals surface area contributed by atoms with Gasteiger partial charge < -0.3 is 9.84 Å². The number of hydrogen-bond donors (Lipinski definition) is 1.